The van der Waals surface area contributed by atoms with Gasteiger partial charge in [0.15, 0.2) is 5.52 Å². The minimum absolute atomic E-state index is 0.0874. The average Bonchev–Trinajstić information content (AvgIpc) is 3.36. The van der Waals surface area contributed by atoms with Crippen molar-refractivity contribution in [3.8, 4) is 0 Å². The number of nitrogens with one attached hydrogen (secondary N) is 1. The fourth-order valence-corrected chi connectivity index (χ4v) is 5.74. The van der Waals surface area contributed by atoms with Crippen molar-refractivity contribution in [1.29, 1.82) is 0 Å². The number of H-pyrrole nitrogens is 1. The van der Waals surface area contributed by atoms with E-state index in [1.807, 2.05) is 20.0 Å². The largest absolute Gasteiger partial charge is 0.375 e. The highest BCUT2D eigenvalue weighted by atomic mass is 16.5. The number of aromatic amines is 1. The van der Waals surface area contributed by atoms with Crippen LogP contribution < -0.4 is 5.56 Å². The molecule has 1 atom stereocenters. The highest BCUT2D eigenvalue weighted by molar-refractivity contribution is 5.76. The van der Waals surface area contributed by atoms with Gasteiger partial charge in [-0.3, -0.25) is 19.4 Å². The Hall–Kier alpha value is -2.58. The number of hydrogen-bond donors (Lipinski definition) is 1. The molecule has 0 spiro atoms. The monoisotopic (exact) mass is 480 g/mol. The number of hydrogen-bond acceptors (Lipinski definition) is 6. The molecule has 8 heteroatoms. The smallest absolute Gasteiger partial charge is 0.277 e. The maximum absolute atomic E-state index is 12.8. The zero-order valence-electron chi connectivity index (χ0n) is 22.5. The first kappa shape index (κ1) is 25.5. The Labute approximate surface area is 208 Å². The summed E-state index contributed by atoms with van der Waals surface area (Å²) in [7, 11) is 1.78. The minimum atomic E-state index is -0.327. The van der Waals surface area contributed by atoms with Gasteiger partial charge in [0.25, 0.3) is 5.56 Å². The number of pyridine rings is 1. The molecule has 0 bridgehead atoms. The van der Waals surface area contributed by atoms with E-state index in [1.54, 1.807) is 11.7 Å². The quantitative estimate of drug-likeness (QED) is 0.523. The Morgan fingerprint density at radius 1 is 1.20 bits per heavy atom. The Morgan fingerprint density at radius 2 is 1.94 bits per heavy atom. The summed E-state index contributed by atoms with van der Waals surface area (Å²) < 4.78 is 7.97. The standard InChI is InChI=1S/C27H40N6O2/c1-9-35-26(6,7)27(13-12-21-29-22-19(3)31-32(8)23(22)24(34)30-21)14-15-33(17-27)25(4,5)20-11-10-18(2)28-16-20/h10-11,16H,9,12-15,17H2,1-8H3,(H,29,30,34)/t27-/m0/s1. The molecule has 1 saturated heterocycles. The lowest BCUT2D eigenvalue weighted by Gasteiger charge is -2.46. The van der Waals surface area contributed by atoms with Crippen molar-refractivity contribution in [3.63, 3.8) is 0 Å². The van der Waals surface area contributed by atoms with Gasteiger partial charge in [0.2, 0.25) is 0 Å². The number of ether oxygens (including phenoxy) is 1. The third-order valence-corrected chi connectivity index (χ3v) is 8.30. The van der Waals surface area contributed by atoms with Crippen LogP contribution in [0, 0.1) is 19.3 Å². The van der Waals surface area contributed by atoms with E-state index in [0.717, 1.165) is 37.3 Å². The lowest BCUT2D eigenvalue weighted by atomic mass is 9.69. The summed E-state index contributed by atoms with van der Waals surface area (Å²) in [6.45, 7) is 17.5. The van der Waals surface area contributed by atoms with Crippen molar-refractivity contribution < 1.29 is 4.74 Å². The molecule has 3 aromatic rings. The lowest BCUT2D eigenvalue weighted by Crippen LogP contribution is -2.50. The SMILES string of the molecule is CCOC(C)(C)[C@@]1(CCc2nc3c(C)nn(C)c3c(=O)[nH]2)CCN(C(C)(C)c2ccc(C)nc2)C1. The van der Waals surface area contributed by atoms with Crippen molar-refractivity contribution in [2.45, 2.75) is 78.9 Å². The molecule has 35 heavy (non-hydrogen) atoms. The number of fused-ring (bicyclic) bond motifs is 1. The fourth-order valence-electron chi connectivity index (χ4n) is 5.74. The summed E-state index contributed by atoms with van der Waals surface area (Å²) in [5.41, 5.74) is 3.54. The van der Waals surface area contributed by atoms with Gasteiger partial charge >= 0.3 is 0 Å². The molecule has 190 valence electrons. The summed E-state index contributed by atoms with van der Waals surface area (Å²) in [4.78, 5) is 27.7. The Morgan fingerprint density at radius 3 is 2.60 bits per heavy atom. The van der Waals surface area contributed by atoms with E-state index in [-0.39, 0.29) is 22.1 Å². The number of aryl methyl sites for hydroxylation is 4. The van der Waals surface area contributed by atoms with Crippen molar-refractivity contribution >= 4 is 11.0 Å². The molecule has 0 amide bonds. The third kappa shape index (κ3) is 4.54. The van der Waals surface area contributed by atoms with Crippen LogP contribution in [0.5, 0.6) is 0 Å². The van der Waals surface area contributed by atoms with Crippen LogP contribution in [0.15, 0.2) is 23.1 Å². The van der Waals surface area contributed by atoms with Gasteiger partial charge < -0.3 is 9.72 Å². The van der Waals surface area contributed by atoms with Gasteiger partial charge in [-0.05, 0) is 79.5 Å². The summed E-state index contributed by atoms with van der Waals surface area (Å²) in [6.07, 6.45) is 4.56. The molecular weight excluding hydrogens is 440 g/mol. The molecule has 4 heterocycles. The van der Waals surface area contributed by atoms with Crippen molar-refractivity contribution in [2.75, 3.05) is 19.7 Å². The van der Waals surface area contributed by atoms with Crippen LogP contribution in [0.2, 0.25) is 0 Å². The molecule has 0 aromatic carbocycles. The first-order chi connectivity index (χ1) is 16.4. The number of likely N-dealkylation sites (tertiary alicyclic amines) is 1. The van der Waals surface area contributed by atoms with Gasteiger partial charge in [0.1, 0.15) is 11.3 Å². The van der Waals surface area contributed by atoms with Crippen LogP contribution in [-0.2, 0) is 23.7 Å². The van der Waals surface area contributed by atoms with Gasteiger partial charge in [-0.25, -0.2) is 4.98 Å². The molecule has 0 aliphatic carbocycles. The molecular formula is C27H40N6O2. The Bertz CT molecular complexity index is 1260. The first-order valence-electron chi connectivity index (χ1n) is 12.6. The number of rotatable bonds is 8. The second kappa shape index (κ2) is 9.13. The predicted molar refractivity (Wildman–Crippen MR) is 139 cm³/mol. The minimum Gasteiger partial charge on any atom is -0.375 e. The van der Waals surface area contributed by atoms with E-state index in [1.165, 1.54) is 5.56 Å². The Kier molecular flexibility index (Phi) is 6.66. The maximum atomic E-state index is 12.8. The van der Waals surface area contributed by atoms with E-state index in [2.05, 4.69) is 66.7 Å². The van der Waals surface area contributed by atoms with E-state index in [4.69, 9.17) is 9.72 Å². The summed E-state index contributed by atoms with van der Waals surface area (Å²) >= 11 is 0. The number of aromatic nitrogens is 5. The number of nitrogens with zero attached hydrogens (tertiary/aromatic N) is 5. The van der Waals surface area contributed by atoms with Crippen LogP contribution in [0.25, 0.3) is 11.0 Å². The fraction of sp³-hybridized carbons (Fsp3) is 0.630. The van der Waals surface area contributed by atoms with Crippen LogP contribution in [0.1, 0.15) is 70.2 Å². The molecule has 1 N–H and O–H groups in total. The average molecular weight is 481 g/mol. The first-order valence-corrected chi connectivity index (χ1v) is 12.6. The van der Waals surface area contributed by atoms with Crippen molar-refractivity contribution in [2.24, 2.45) is 12.5 Å². The molecule has 4 rings (SSSR count). The van der Waals surface area contributed by atoms with Crippen LogP contribution in [0.3, 0.4) is 0 Å². The molecule has 0 unspecified atom stereocenters. The molecule has 8 nitrogen and oxygen atoms in total. The van der Waals surface area contributed by atoms with E-state index < -0.39 is 0 Å². The molecule has 0 radical (unpaired) electrons. The van der Waals surface area contributed by atoms with Gasteiger partial charge in [0, 0.05) is 49.5 Å². The predicted octanol–water partition coefficient (Wildman–Crippen LogP) is 4.04. The molecule has 0 saturated carbocycles. The highest BCUT2D eigenvalue weighted by Crippen LogP contribution is 2.49. The van der Waals surface area contributed by atoms with E-state index in [9.17, 15) is 4.79 Å². The third-order valence-electron chi connectivity index (χ3n) is 8.30. The second-order valence-electron chi connectivity index (χ2n) is 11.1. The van der Waals surface area contributed by atoms with Crippen LogP contribution in [0.4, 0.5) is 0 Å². The van der Waals surface area contributed by atoms with Gasteiger partial charge in [-0.1, -0.05) is 6.07 Å². The van der Waals surface area contributed by atoms with Gasteiger partial charge in [-0.15, -0.1) is 0 Å². The van der Waals surface area contributed by atoms with Crippen LogP contribution >= 0.6 is 0 Å². The summed E-state index contributed by atoms with van der Waals surface area (Å²) in [5.74, 6) is 0.714. The summed E-state index contributed by atoms with van der Waals surface area (Å²) in [6, 6.07) is 4.28. The lowest BCUT2D eigenvalue weighted by molar-refractivity contribution is -0.109. The van der Waals surface area contributed by atoms with E-state index >= 15 is 0 Å². The van der Waals surface area contributed by atoms with Crippen molar-refractivity contribution in [1.82, 2.24) is 29.6 Å². The van der Waals surface area contributed by atoms with E-state index in [0.29, 0.717) is 29.9 Å². The molecule has 1 fully saturated rings. The zero-order chi connectivity index (χ0) is 25.6. The highest BCUT2D eigenvalue weighted by Gasteiger charge is 2.52. The zero-order valence-corrected chi connectivity index (χ0v) is 22.5. The topological polar surface area (TPSA) is 88.9 Å². The van der Waals surface area contributed by atoms with Crippen LogP contribution in [-0.4, -0.2) is 54.9 Å². The van der Waals surface area contributed by atoms with Gasteiger partial charge in [0.05, 0.1) is 11.3 Å². The molecule has 3 aromatic heterocycles. The maximum Gasteiger partial charge on any atom is 0.277 e. The van der Waals surface area contributed by atoms with Gasteiger partial charge in [-0.2, -0.15) is 5.10 Å². The Balaban J connectivity index is 1.63. The molecule has 1 aliphatic heterocycles. The van der Waals surface area contributed by atoms with Crippen molar-refractivity contribution in [3.05, 3.63) is 51.5 Å². The second-order valence-corrected chi connectivity index (χ2v) is 11.1. The summed E-state index contributed by atoms with van der Waals surface area (Å²) in [5, 5.41) is 4.38. The normalized spacial score (nSPS) is 19.7. The molecule has 1 aliphatic rings.